The van der Waals surface area contributed by atoms with Crippen molar-refractivity contribution in [3.8, 4) is 5.75 Å². The van der Waals surface area contributed by atoms with Gasteiger partial charge in [-0.25, -0.2) is 4.98 Å². The molecule has 6 heteroatoms. The van der Waals surface area contributed by atoms with E-state index in [-0.39, 0.29) is 5.91 Å². The maximum Gasteiger partial charge on any atom is 0.260 e. The van der Waals surface area contributed by atoms with Crippen LogP contribution < -0.4 is 14.5 Å². The van der Waals surface area contributed by atoms with Gasteiger partial charge in [-0.3, -0.25) is 9.69 Å². The highest BCUT2D eigenvalue weighted by Crippen LogP contribution is 2.34. The van der Waals surface area contributed by atoms with Crippen LogP contribution in [-0.4, -0.2) is 44.7 Å². The number of quaternary nitrogens is 1. The van der Waals surface area contributed by atoms with Crippen molar-refractivity contribution in [1.29, 1.82) is 0 Å². The number of anilines is 1. The van der Waals surface area contributed by atoms with Gasteiger partial charge in [-0.05, 0) is 37.6 Å². The number of aryl methyl sites for hydroxylation is 1. The van der Waals surface area contributed by atoms with E-state index in [0.717, 1.165) is 33.6 Å². The van der Waals surface area contributed by atoms with E-state index in [1.165, 1.54) is 16.2 Å². The number of likely N-dealkylation sites (N-methyl/N-ethyl adjacent to an activating group) is 1. The zero-order chi connectivity index (χ0) is 19.4. The highest BCUT2D eigenvalue weighted by atomic mass is 32.1. The number of nitrogens with one attached hydrogen (secondary N) is 1. The van der Waals surface area contributed by atoms with Crippen LogP contribution in [0.4, 0.5) is 5.13 Å². The van der Waals surface area contributed by atoms with E-state index in [9.17, 15) is 4.79 Å². The van der Waals surface area contributed by atoms with Crippen molar-refractivity contribution in [2.45, 2.75) is 13.8 Å². The average Bonchev–Trinajstić information content (AvgIpc) is 3.07. The topological polar surface area (TPSA) is 46.9 Å². The number of fused-ring (bicyclic) bond motifs is 1. The molecule has 0 aliphatic heterocycles. The van der Waals surface area contributed by atoms with Gasteiger partial charge in [-0.1, -0.05) is 35.6 Å². The Balaban J connectivity index is 2.03. The van der Waals surface area contributed by atoms with Gasteiger partial charge in [0, 0.05) is 5.56 Å². The number of nitrogens with zero attached hydrogens (tertiary/aromatic N) is 2. The number of hydrogen-bond acceptors (Lipinski definition) is 4. The van der Waals surface area contributed by atoms with Gasteiger partial charge in [0.15, 0.2) is 5.13 Å². The van der Waals surface area contributed by atoms with Gasteiger partial charge in [-0.2, -0.15) is 0 Å². The fourth-order valence-electron chi connectivity index (χ4n) is 2.88. The van der Waals surface area contributed by atoms with Gasteiger partial charge >= 0.3 is 0 Å². The van der Waals surface area contributed by atoms with E-state index in [0.29, 0.717) is 18.3 Å². The molecule has 0 saturated carbocycles. The molecule has 1 amide bonds. The van der Waals surface area contributed by atoms with Gasteiger partial charge < -0.3 is 9.64 Å². The SMILES string of the molecule is CCOc1cccc2sc(N(CC[NH+](C)C)C(=O)c3ccccc3C)nc12. The quantitative estimate of drug-likeness (QED) is 0.681. The largest absolute Gasteiger partial charge is 0.492 e. The minimum Gasteiger partial charge on any atom is -0.492 e. The molecule has 3 aromatic rings. The summed E-state index contributed by atoms with van der Waals surface area (Å²) in [5.74, 6) is 0.755. The molecule has 0 aliphatic rings. The fraction of sp³-hybridized carbons (Fsp3) is 0.333. The molecule has 0 radical (unpaired) electrons. The highest BCUT2D eigenvalue weighted by molar-refractivity contribution is 7.22. The number of amides is 1. The zero-order valence-electron chi connectivity index (χ0n) is 16.3. The molecule has 1 N–H and O–H groups in total. The minimum absolute atomic E-state index is 0.00799. The first-order chi connectivity index (χ1) is 13.0. The van der Waals surface area contributed by atoms with Crippen LogP contribution in [0.3, 0.4) is 0 Å². The Bertz CT molecular complexity index is 936. The summed E-state index contributed by atoms with van der Waals surface area (Å²) in [6.07, 6.45) is 0. The van der Waals surface area contributed by atoms with Crippen LogP contribution in [-0.2, 0) is 0 Å². The van der Waals surface area contributed by atoms with Gasteiger partial charge in [0.25, 0.3) is 5.91 Å². The molecule has 3 rings (SSSR count). The smallest absolute Gasteiger partial charge is 0.260 e. The third-order valence-corrected chi connectivity index (χ3v) is 5.40. The van der Waals surface area contributed by atoms with Crippen molar-refractivity contribution >= 4 is 32.6 Å². The van der Waals surface area contributed by atoms with Crippen molar-refractivity contribution in [3.63, 3.8) is 0 Å². The summed E-state index contributed by atoms with van der Waals surface area (Å²) >= 11 is 1.53. The van der Waals surface area contributed by atoms with Crippen molar-refractivity contribution in [2.75, 3.05) is 38.7 Å². The molecule has 0 fully saturated rings. The van der Waals surface area contributed by atoms with Crippen molar-refractivity contribution in [3.05, 3.63) is 53.6 Å². The van der Waals surface area contributed by atoms with Gasteiger partial charge in [-0.15, -0.1) is 0 Å². The average molecular weight is 385 g/mol. The molecule has 27 heavy (non-hydrogen) atoms. The first-order valence-corrected chi connectivity index (χ1v) is 10.0. The molecule has 1 aromatic heterocycles. The summed E-state index contributed by atoms with van der Waals surface area (Å²) in [6.45, 7) is 5.96. The van der Waals surface area contributed by atoms with E-state index < -0.39 is 0 Å². The van der Waals surface area contributed by atoms with E-state index in [2.05, 4.69) is 14.1 Å². The molecule has 1 heterocycles. The summed E-state index contributed by atoms with van der Waals surface area (Å²) in [6, 6.07) is 13.6. The summed E-state index contributed by atoms with van der Waals surface area (Å²) in [4.78, 5) is 21.2. The molecule has 2 aromatic carbocycles. The van der Waals surface area contributed by atoms with Crippen LogP contribution in [0.1, 0.15) is 22.8 Å². The molecule has 0 spiro atoms. The predicted octanol–water partition coefficient (Wildman–Crippen LogP) is 2.79. The minimum atomic E-state index is -0.00799. The lowest BCUT2D eigenvalue weighted by atomic mass is 10.1. The third-order valence-electron chi connectivity index (χ3n) is 4.36. The number of para-hydroxylation sites is 1. The molecular weight excluding hydrogens is 358 g/mol. The molecule has 0 aliphatic carbocycles. The molecular formula is C21H26N3O2S+. The van der Waals surface area contributed by atoms with Crippen LogP contribution in [0.15, 0.2) is 42.5 Å². The Morgan fingerprint density at radius 1 is 1.19 bits per heavy atom. The second-order valence-electron chi connectivity index (χ2n) is 6.76. The summed E-state index contributed by atoms with van der Waals surface area (Å²) in [5.41, 5.74) is 2.51. The lowest BCUT2D eigenvalue weighted by molar-refractivity contribution is -0.856. The van der Waals surface area contributed by atoms with Crippen molar-refractivity contribution < 1.29 is 14.4 Å². The summed E-state index contributed by atoms with van der Waals surface area (Å²) in [7, 11) is 4.17. The van der Waals surface area contributed by atoms with Gasteiger partial charge in [0.05, 0.1) is 38.5 Å². The van der Waals surface area contributed by atoms with Crippen LogP contribution in [0.2, 0.25) is 0 Å². The number of aromatic nitrogens is 1. The first-order valence-electron chi connectivity index (χ1n) is 9.20. The van der Waals surface area contributed by atoms with Crippen molar-refractivity contribution in [1.82, 2.24) is 4.98 Å². The maximum atomic E-state index is 13.3. The fourth-order valence-corrected chi connectivity index (χ4v) is 3.88. The van der Waals surface area contributed by atoms with Gasteiger partial charge in [0.1, 0.15) is 11.3 Å². The molecule has 0 unspecified atom stereocenters. The lowest BCUT2D eigenvalue weighted by Crippen LogP contribution is -3.06. The number of carbonyl (C=O) groups excluding carboxylic acids is 1. The highest BCUT2D eigenvalue weighted by Gasteiger charge is 2.24. The zero-order valence-corrected chi connectivity index (χ0v) is 17.1. The van der Waals surface area contributed by atoms with E-state index >= 15 is 0 Å². The van der Waals surface area contributed by atoms with Crippen LogP contribution in [0.5, 0.6) is 5.75 Å². The van der Waals surface area contributed by atoms with E-state index in [4.69, 9.17) is 9.72 Å². The number of rotatable bonds is 7. The number of thiazole rings is 1. The molecule has 0 atom stereocenters. The third kappa shape index (κ3) is 4.28. The second-order valence-corrected chi connectivity index (χ2v) is 7.77. The number of ether oxygens (including phenoxy) is 1. The number of benzene rings is 2. The lowest BCUT2D eigenvalue weighted by Gasteiger charge is -2.21. The first kappa shape index (κ1) is 19.3. The summed E-state index contributed by atoms with van der Waals surface area (Å²) < 4.78 is 6.74. The number of hydrogen-bond donors (Lipinski definition) is 1. The predicted molar refractivity (Wildman–Crippen MR) is 111 cm³/mol. The molecule has 5 nitrogen and oxygen atoms in total. The Kier molecular flexibility index (Phi) is 6.08. The van der Waals surface area contributed by atoms with Gasteiger partial charge in [0.2, 0.25) is 0 Å². The number of carbonyl (C=O) groups is 1. The Morgan fingerprint density at radius 2 is 1.96 bits per heavy atom. The Morgan fingerprint density at radius 3 is 2.67 bits per heavy atom. The van der Waals surface area contributed by atoms with E-state index in [1.54, 1.807) is 4.90 Å². The Hall–Kier alpha value is -2.44. The Labute approximate surface area is 164 Å². The summed E-state index contributed by atoms with van der Waals surface area (Å²) in [5, 5.41) is 0.714. The van der Waals surface area contributed by atoms with E-state index in [1.807, 2.05) is 56.3 Å². The normalized spacial score (nSPS) is 11.1. The standard InChI is InChI=1S/C21H25N3O2S/c1-5-26-17-11-8-12-18-19(17)22-21(27-18)24(14-13-23(3)4)20(25)16-10-7-6-9-15(16)2/h6-12H,5,13-14H2,1-4H3/p+1. The molecule has 142 valence electrons. The molecule has 0 saturated heterocycles. The second kappa shape index (κ2) is 8.50. The monoisotopic (exact) mass is 384 g/mol. The maximum absolute atomic E-state index is 13.3. The van der Waals surface area contributed by atoms with Crippen molar-refractivity contribution in [2.24, 2.45) is 0 Å². The van der Waals surface area contributed by atoms with Crippen LogP contribution >= 0.6 is 11.3 Å². The van der Waals surface area contributed by atoms with Crippen LogP contribution in [0.25, 0.3) is 10.2 Å². The van der Waals surface area contributed by atoms with Crippen LogP contribution in [0, 0.1) is 6.92 Å². The molecule has 0 bridgehead atoms.